The van der Waals surface area contributed by atoms with E-state index in [0.29, 0.717) is 13.2 Å². The summed E-state index contributed by atoms with van der Waals surface area (Å²) >= 11 is 6.32. The van der Waals surface area contributed by atoms with Gasteiger partial charge >= 0.3 is 0 Å². The van der Waals surface area contributed by atoms with E-state index in [1.165, 1.54) is 16.5 Å². The molecule has 26 heavy (non-hydrogen) atoms. The van der Waals surface area contributed by atoms with Crippen LogP contribution >= 0.6 is 24.0 Å². The molecule has 0 amide bonds. The Kier molecular flexibility index (Phi) is 8.42. The zero-order valence-corrected chi connectivity index (χ0v) is 16.1. The highest BCUT2D eigenvalue weighted by molar-refractivity contribution is 6.31. The van der Waals surface area contributed by atoms with E-state index in [9.17, 15) is 0 Å². The monoisotopic (exact) mass is 394 g/mol. The van der Waals surface area contributed by atoms with Crippen LogP contribution in [0.1, 0.15) is 11.1 Å². The fourth-order valence-corrected chi connectivity index (χ4v) is 3.13. The van der Waals surface area contributed by atoms with Gasteiger partial charge in [-0.1, -0.05) is 48.0 Å². The molecule has 0 aliphatic heterocycles. The van der Waals surface area contributed by atoms with Gasteiger partial charge in [-0.15, -0.1) is 12.4 Å². The molecule has 0 aliphatic rings. The highest BCUT2D eigenvalue weighted by Gasteiger charge is 2.09. The van der Waals surface area contributed by atoms with Crippen LogP contribution in [-0.2, 0) is 17.8 Å². The predicted molar refractivity (Wildman–Crippen MR) is 109 cm³/mol. The summed E-state index contributed by atoms with van der Waals surface area (Å²) < 4.78 is 7.52. The maximum absolute atomic E-state index is 8.70. The topological polar surface area (TPSA) is 46.4 Å². The van der Waals surface area contributed by atoms with Gasteiger partial charge in [0.2, 0.25) is 0 Å². The van der Waals surface area contributed by atoms with Crippen LogP contribution in [0.3, 0.4) is 0 Å². The summed E-state index contributed by atoms with van der Waals surface area (Å²) in [5.74, 6) is 0. The van der Waals surface area contributed by atoms with Gasteiger partial charge in [-0.3, -0.25) is 0 Å². The van der Waals surface area contributed by atoms with Crippen LogP contribution in [0.25, 0.3) is 10.9 Å². The largest absolute Gasteiger partial charge is 0.394 e. The SMILES string of the molecule is Cl.OCCOCCNCc1cn(Cc2ccccc2Cl)c2ccccc12. The van der Waals surface area contributed by atoms with E-state index in [4.69, 9.17) is 21.4 Å². The van der Waals surface area contributed by atoms with E-state index in [-0.39, 0.29) is 19.0 Å². The van der Waals surface area contributed by atoms with Crippen LogP contribution in [0.5, 0.6) is 0 Å². The zero-order chi connectivity index (χ0) is 17.5. The minimum Gasteiger partial charge on any atom is -0.394 e. The second-order valence-corrected chi connectivity index (χ2v) is 6.31. The highest BCUT2D eigenvalue weighted by Crippen LogP contribution is 2.24. The smallest absolute Gasteiger partial charge is 0.0698 e. The molecule has 0 spiro atoms. The summed E-state index contributed by atoms with van der Waals surface area (Å²) in [6.45, 7) is 3.33. The number of fused-ring (bicyclic) bond motifs is 1. The summed E-state index contributed by atoms with van der Waals surface area (Å²) in [4.78, 5) is 0. The Labute approximate surface area is 165 Å². The summed E-state index contributed by atoms with van der Waals surface area (Å²) in [5, 5.41) is 14.1. The molecule has 0 saturated carbocycles. The van der Waals surface area contributed by atoms with Crippen LogP contribution in [0.2, 0.25) is 5.02 Å². The molecule has 140 valence electrons. The fraction of sp³-hybridized carbons (Fsp3) is 0.300. The fourth-order valence-electron chi connectivity index (χ4n) is 2.94. The maximum atomic E-state index is 8.70. The molecule has 4 nitrogen and oxygen atoms in total. The number of halogens is 2. The van der Waals surface area contributed by atoms with Crippen LogP contribution in [-0.4, -0.2) is 36.0 Å². The Morgan fingerprint density at radius 2 is 1.77 bits per heavy atom. The van der Waals surface area contributed by atoms with Crippen LogP contribution in [0.15, 0.2) is 54.7 Å². The van der Waals surface area contributed by atoms with E-state index in [2.05, 4.69) is 46.4 Å². The first-order chi connectivity index (χ1) is 12.3. The Morgan fingerprint density at radius 3 is 2.58 bits per heavy atom. The number of aliphatic hydroxyl groups is 1. The molecule has 0 unspecified atom stereocenters. The molecule has 1 aromatic heterocycles. The van der Waals surface area contributed by atoms with Gasteiger partial charge in [0.1, 0.15) is 0 Å². The molecule has 3 rings (SSSR count). The number of benzene rings is 2. The lowest BCUT2D eigenvalue weighted by atomic mass is 10.2. The molecule has 0 radical (unpaired) electrons. The van der Waals surface area contributed by atoms with Crippen molar-refractivity contribution in [3.63, 3.8) is 0 Å². The second-order valence-electron chi connectivity index (χ2n) is 5.90. The first-order valence-electron chi connectivity index (χ1n) is 8.49. The van der Waals surface area contributed by atoms with Gasteiger partial charge in [0.15, 0.2) is 0 Å². The van der Waals surface area contributed by atoms with E-state index >= 15 is 0 Å². The van der Waals surface area contributed by atoms with E-state index < -0.39 is 0 Å². The summed E-state index contributed by atoms with van der Waals surface area (Å²) in [5.41, 5.74) is 3.57. The van der Waals surface area contributed by atoms with Gasteiger partial charge in [-0.25, -0.2) is 0 Å². The van der Waals surface area contributed by atoms with E-state index in [1.807, 2.05) is 18.2 Å². The lowest BCUT2D eigenvalue weighted by Gasteiger charge is -2.07. The van der Waals surface area contributed by atoms with Crippen molar-refractivity contribution in [2.75, 3.05) is 26.4 Å². The van der Waals surface area contributed by atoms with E-state index in [0.717, 1.165) is 30.2 Å². The molecule has 3 aromatic rings. The number of ether oxygens (including phenoxy) is 1. The molecule has 0 aliphatic carbocycles. The van der Waals surface area contributed by atoms with Gasteiger partial charge in [-0.2, -0.15) is 0 Å². The van der Waals surface area contributed by atoms with Crippen molar-refractivity contribution >= 4 is 34.9 Å². The normalized spacial score (nSPS) is 10.8. The number of aromatic nitrogens is 1. The number of hydrogen-bond donors (Lipinski definition) is 2. The Morgan fingerprint density at radius 1 is 1.00 bits per heavy atom. The minimum atomic E-state index is 0. The third-order valence-electron chi connectivity index (χ3n) is 4.14. The van der Waals surface area contributed by atoms with E-state index in [1.54, 1.807) is 0 Å². The molecule has 2 N–H and O–H groups in total. The Bertz CT molecular complexity index is 820. The molecular weight excluding hydrogens is 371 g/mol. The van der Waals surface area contributed by atoms with Gasteiger partial charge in [-0.05, 0) is 23.3 Å². The first-order valence-corrected chi connectivity index (χ1v) is 8.87. The molecule has 0 atom stereocenters. The van der Waals surface area contributed by atoms with Crippen molar-refractivity contribution in [2.45, 2.75) is 13.1 Å². The third kappa shape index (κ3) is 5.22. The predicted octanol–water partition coefficient (Wildman–Crippen LogP) is 3.86. The van der Waals surface area contributed by atoms with Crippen LogP contribution in [0.4, 0.5) is 0 Å². The van der Waals surface area contributed by atoms with Crippen molar-refractivity contribution in [2.24, 2.45) is 0 Å². The number of rotatable bonds is 9. The average molecular weight is 395 g/mol. The molecule has 0 bridgehead atoms. The van der Waals surface area contributed by atoms with Gasteiger partial charge in [0.05, 0.1) is 19.8 Å². The van der Waals surface area contributed by atoms with Crippen molar-refractivity contribution < 1.29 is 9.84 Å². The van der Waals surface area contributed by atoms with Gasteiger partial charge < -0.3 is 19.7 Å². The van der Waals surface area contributed by atoms with Crippen molar-refractivity contribution in [1.82, 2.24) is 9.88 Å². The first kappa shape index (κ1) is 20.7. The third-order valence-corrected chi connectivity index (χ3v) is 4.51. The highest BCUT2D eigenvalue weighted by atomic mass is 35.5. The maximum Gasteiger partial charge on any atom is 0.0698 e. The molecule has 0 saturated heterocycles. The number of aliphatic hydroxyl groups excluding tert-OH is 1. The van der Waals surface area contributed by atoms with Gasteiger partial charge in [0, 0.05) is 41.8 Å². The number of nitrogens with one attached hydrogen (secondary N) is 1. The lowest BCUT2D eigenvalue weighted by Crippen LogP contribution is -2.19. The number of para-hydroxylation sites is 1. The molecule has 6 heteroatoms. The van der Waals surface area contributed by atoms with Crippen molar-refractivity contribution in [1.29, 1.82) is 0 Å². The number of hydrogen-bond acceptors (Lipinski definition) is 3. The number of nitrogens with zero attached hydrogens (tertiary/aromatic N) is 1. The van der Waals surface area contributed by atoms with Crippen molar-refractivity contribution in [3.8, 4) is 0 Å². The van der Waals surface area contributed by atoms with Gasteiger partial charge in [0.25, 0.3) is 0 Å². The second kappa shape index (κ2) is 10.6. The molecule has 1 heterocycles. The van der Waals surface area contributed by atoms with Crippen molar-refractivity contribution in [3.05, 3.63) is 70.9 Å². The molecule has 2 aromatic carbocycles. The summed E-state index contributed by atoms with van der Waals surface area (Å²) in [6.07, 6.45) is 2.19. The Hall–Kier alpha value is -1.56. The standard InChI is InChI=1S/C20H23ClN2O2.ClH/c21-19-7-3-1-5-16(19)14-23-15-17(13-22-9-11-25-12-10-24)18-6-2-4-8-20(18)23;/h1-8,15,22,24H,9-14H2;1H. The van der Waals surface area contributed by atoms with Crippen LogP contribution < -0.4 is 5.32 Å². The molecular formula is C20H24Cl2N2O2. The molecule has 0 fully saturated rings. The summed E-state index contributed by atoms with van der Waals surface area (Å²) in [6, 6.07) is 16.4. The summed E-state index contributed by atoms with van der Waals surface area (Å²) in [7, 11) is 0. The quantitative estimate of drug-likeness (QED) is 0.541. The average Bonchev–Trinajstić information content (AvgIpc) is 2.98. The Balaban J connectivity index is 0.00000243. The van der Waals surface area contributed by atoms with Crippen LogP contribution in [0, 0.1) is 0 Å². The minimum absolute atomic E-state index is 0. The lowest BCUT2D eigenvalue weighted by molar-refractivity contribution is 0.0938. The zero-order valence-electron chi connectivity index (χ0n) is 14.5.